The summed E-state index contributed by atoms with van der Waals surface area (Å²) in [5.74, 6) is 6.13. The Labute approximate surface area is 146 Å². The highest BCUT2D eigenvalue weighted by molar-refractivity contribution is 7.09. The smallest absolute Gasteiger partial charge is 0.350 e. The van der Waals surface area contributed by atoms with Crippen LogP contribution in [0.3, 0.4) is 0 Å². The third-order valence-corrected chi connectivity index (χ3v) is 5.22. The SMILES string of the molecule is COc1c(-c2csc(CN)n2)ccc2c(=O)n(N)c(=O)n(C3CC3)c12. The van der Waals surface area contributed by atoms with Gasteiger partial charge < -0.3 is 16.3 Å². The molecular formula is C16H17N5O3S. The second kappa shape index (κ2) is 5.71. The fraction of sp³-hybridized carbons (Fsp3) is 0.312. The molecule has 0 spiro atoms. The minimum atomic E-state index is -0.539. The van der Waals surface area contributed by atoms with Crippen molar-refractivity contribution in [3.63, 3.8) is 0 Å². The van der Waals surface area contributed by atoms with Gasteiger partial charge >= 0.3 is 5.69 Å². The molecule has 1 aliphatic rings. The van der Waals surface area contributed by atoms with E-state index in [0.29, 0.717) is 39.1 Å². The number of nitrogens with zero attached hydrogens (tertiary/aromatic N) is 3. The molecule has 2 heterocycles. The Morgan fingerprint density at radius 3 is 2.72 bits per heavy atom. The van der Waals surface area contributed by atoms with Crippen LogP contribution in [0.15, 0.2) is 27.1 Å². The second-order valence-corrected chi connectivity index (χ2v) is 6.87. The summed E-state index contributed by atoms with van der Waals surface area (Å²) < 4.78 is 7.84. The predicted octanol–water partition coefficient (Wildman–Crippen LogP) is 0.803. The lowest BCUT2D eigenvalue weighted by atomic mass is 10.1. The molecule has 9 heteroatoms. The van der Waals surface area contributed by atoms with Crippen LogP contribution in [0.5, 0.6) is 5.75 Å². The van der Waals surface area contributed by atoms with Crippen molar-refractivity contribution in [3.05, 3.63) is 43.4 Å². The number of aromatic nitrogens is 3. The van der Waals surface area contributed by atoms with Gasteiger partial charge in [-0.2, -0.15) is 4.68 Å². The number of hydrogen-bond donors (Lipinski definition) is 2. The maximum Gasteiger partial charge on any atom is 0.350 e. The van der Waals surface area contributed by atoms with Gasteiger partial charge in [-0.15, -0.1) is 11.3 Å². The van der Waals surface area contributed by atoms with E-state index in [0.717, 1.165) is 17.8 Å². The Morgan fingerprint density at radius 1 is 1.36 bits per heavy atom. The van der Waals surface area contributed by atoms with Gasteiger partial charge in [-0.3, -0.25) is 9.36 Å². The molecule has 0 unspecified atom stereocenters. The molecule has 130 valence electrons. The molecule has 25 heavy (non-hydrogen) atoms. The summed E-state index contributed by atoms with van der Waals surface area (Å²) >= 11 is 1.45. The number of nitrogen functional groups attached to an aromatic ring is 1. The molecule has 2 aromatic heterocycles. The summed E-state index contributed by atoms with van der Waals surface area (Å²) in [7, 11) is 1.52. The average molecular weight is 359 g/mol. The van der Waals surface area contributed by atoms with E-state index in [1.165, 1.54) is 18.4 Å². The van der Waals surface area contributed by atoms with E-state index in [2.05, 4.69) is 4.98 Å². The summed E-state index contributed by atoms with van der Waals surface area (Å²) in [6.45, 7) is 0.352. The Bertz CT molecular complexity index is 1090. The van der Waals surface area contributed by atoms with Crippen LogP contribution in [0.4, 0.5) is 0 Å². The number of nitrogens with two attached hydrogens (primary N) is 2. The zero-order valence-corrected chi connectivity index (χ0v) is 14.4. The molecule has 0 aliphatic heterocycles. The summed E-state index contributed by atoms with van der Waals surface area (Å²) in [5.41, 5.74) is 6.47. The van der Waals surface area contributed by atoms with E-state index in [1.807, 2.05) is 5.38 Å². The molecule has 0 amide bonds. The number of methoxy groups -OCH3 is 1. The van der Waals surface area contributed by atoms with Gasteiger partial charge in [0.2, 0.25) is 0 Å². The number of rotatable bonds is 4. The zero-order valence-electron chi connectivity index (χ0n) is 13.6. The molecule has 1 aromatic carbocycles. The molecule has 1 aliphatic carbocycles. The molecule has 0 bridgehead atoms. The van der Waals surface area contributed by atoms with Crippen LogP contribution in [-0.4, -0.2) is 21.3 Å². The van der Waals surface area contributed by atoms with E-state index in [4.69, 9.17) is 16.3 Å². The standard InChI is InChI=1S/C16H17N5O3S/c1-24-14-9(11-7-25-12(6-17)19-11)4-5-10-13(14)20(8-2-3-8)16(23)21(18)15(10)22/h4-5,7-8H,2-3,6,17-18H2,1H3. The van der Waals surface area contributed by atoms with Gasteiger partial charge in [0.15, 0.2) is 5.75 Å². The molecule has 8 nitrogen and oxygen atoms in total. The highest BCUT2D eigenvalue weighted by Crippen LogP contribution is 2.41. The fourth-order valence-electron chi connectivity index (χ4n) is 3.02. The van der Waals surface area contributed by atoms with Gasteiger partial charge in [0.25, 0.3) is 5.56 Å². The van der Waals surface area contributed by atoms with Crippen LogP contribution >= 0.6 is 11.3 Å². The first kappa shape index (κ1) is 15.9. The lowest BCUT2D eigenvalue weighted by molar-refractivity contribution is 0.417. The van der Waals surface area contributed by atoms with E-state index >= 15 is 0 Å². The van der Waals surface area contributed by atoms with Crippen LogP contribution in [0.25, 0.3) is 22.2 Å². The Morgan fingerprint density at radius 2 is 2.12 bits per heavy atom. The first-order valence-corrected chi connectivity index (χ1v) is 8.73. The van der Waals surface area contributed by atoms with E-state index in [-0.39, 0.29) is 6.04 Å². The molecule has 4 N–H and O–H groups in total. The summed E-state index contributed by atoms with van der Waals surface area (Å²) in [4.78, 5) is 29.5. The van der Waals surface area contributed by atoms with Crippen molar-refractivity contribution in [1.82, 2.24) is 14.2 Å². The maximum absolute atomic E-state index is 12.6. The maximum atomic E-state index is 12.6. The van der Waals surface area contributed by atoms with Crippen molar-refractivity contribution in [2.24, 2.45) is 5.73 Å². The first-order chi connectivity index (χ1) is 12.1. The summed E-state index contributed by atoms with van der Waals surface area (Å²) in [5, 5.41) is 3.04. The average Bonchev–Trinajstić information content (AvgIpc) is 3.34. The van der Waals surface area contributed by atoms with Gasteiger partial charge in [-0.05, 0) is 25.0 Å². The molecule has 0 radical (unpaired) electrons. The number of thiazole rings is 1. The van der Waals surface area contributed by atoms with Crippen LogP contribution < -0.4 is 27.6 Å². The van der Waals surface area contributed by atoms with E-state index in [1.54, 1.807) is 16.7 Å². The molecule has 1 saturated carbocycles. The van der Waals surface area contributed by atoms with Crippen LogP contribution in [0, 0.1) is 0 Å². The predicted molar refractivity (Wildman–Crippen MR) is 96.4 cm³/mol. The van der Waals surface area contributed by atoms with Crippen molar-refractivity contribution >= 4 is 22.2 Å². The molecule has 4 rings (SSSR count). The summed E-state index contributed by atoms with van der Waals surface area (Å²) in [6, 6.07) is 3.46. The van der Waals surface area contributed by atoms with Crippen LogP contribution in [-0.2, 0) is 6.54 Å². The highest BCUT2D eigenvalue weighted by Gasteiger charge is 2.30. The number of ether oxygens (including phenoxy) is 1. The number of hydrogen-bond acceptors (Lipinski definition) is 7. The molecule has 0 atom stereocenters. The highest BCUT2D eigenvalue weighted by atomic mass is 32.1. The molecule has 3 aromatic rings. The minimum Gasteiger partial charge on any atom is -0.494 e. The van der Waals surface area contributed by atoms with Crippen molar-refractivity contribution in [3.8, 4) is 17.0 Å². The quantitative estimate of drug-likeness (QED) is 0.665. The largest absolute Gasteiger partial charge is 0.494 e. The molecule has 1 fully saturated rings. The van der Waals surface area contributed by atoms with Crippen molar-refractivity contribution < 1.29 is 4.74 Å². The van der Waals surface area contributed by atoms with Gasteiger partial charge in [-0.1, -0.05) is 0 Å². The summed E-state index contributed by atoms with van der Waals surface area (Å²) in [6.07, 6.45) is 1.74. The van der Waals surface area contributed by atoms with Crippen molar-refractivity contribution in [2.45, 2.75) is 25.4 Å². The van der Waals surface area contributed by atoms with E-state index < -0.39 is 11.2 Å². The lowest BCUT2D eigenvalue weighted by Gasteiger charge is -2.16. The molecular weight excluding hydrogens is 342 g/mol. The number of benzene rings is 1. The minimum absolute atomic E-state index is 0.0320. The van der Waals surface area contributed by atoms with Gasteiger partial charge in [0.05, 0.1) is 18.2 Å². The zero-order chi connectivity index (χ0) is 17.7. The topological polar surface area (TPSA) is 118 Å². The number of fused-ring (bicyclic) bond motifs is 1. The van der Waals surface area contributed by atoms with Crippen molar-refractivity contribution in [2.75, 3.05) is 13.0 Å². The second-order valence-electron chi connectivity index (χ2n) is 5.93. The van der Waals surface area contributed by atoms with E-state index in [9.17, 15) is 9.59 Å². The Balaban J connectivity index is 2.11. The van der Waals surface area contributed by atoms with Crippen LogP contribution in [0.1, 0.15) is 23.9 Å². The van der Waals surface area contributed by atoms with Gasteiger partial charge in [0.1, 0.15) is 10.5 Å². The van der Waals surface area contributed by atoms with Gasteiger partial charge in [-0.25, -0.2) is 9.78 Å². The fourth-order valence-corrected chi connectivity index (χ4v) is 3.69. The first-order valence-electron chi connectivity index (χ1n) is 7.85. The monoisotopic (exact) mass is 359 g/mol. The molecule has 0 saturated heterocycles. The third-order valence-electron chi connectivity index (χ3n) is 4.35. The Kier molecular flexibility index (Phi) is 3.62. The van der Waals surface area contributed by atoms with Crippen molar-refractivity contribution in [1.29, 1.82) is 0 Å². The van der Waals surface area contributed by atoms with Crippen LogP contribution in [0.2, 0.25) is 0 Å². The lowest BCUT2D eigenvalue weighted by Crippen LogP contribution is -2.44. The normalized spacial score (nSPS) is 14.2. The Hall–Kier alpha value is -2.65. The van der Waals surface area contributed by atoms with Gasteiger partial charge in [0, 0.05) is 23.5 Å². The third kappa shape index (κ3) is 2.35.